The van der Waals surface area contributed by atoms with Gasteiger partial charge in [0.1, 0.15) is 0 Å². The van der Waals surface area contributed by atoms with Gasteiger partial charge in [-0.15, -0.1) is 11.3 Å². The minimum absolute atomic E-state index is 0.0653. The molecule has 1 aliphatic heterocycles. The molecule has 2 heterocycles. The number of nitrogens with one attached hydrogen (secondary N) is 1. The molecule has 172 valence electrons. The number of aryl methyl sites for hydroxylation is 1. The summed E-state index contributed by atoms with van der Waals surface area (Å²) in [6, 6.07) is 15.4. The van der Waals surface area contributed by atoms with Crippen LogP contribution >= 0.6 is 11.3 Å². The van der Waals surface area contributed by atoms with Crippen molar-refractivity contribution in [1.82, 2.24) is 4.31 Å². The second-order valence-corrected chi connectivity index (χ2v) is 10.8. The van der Waals surface area contributed by atoms with Crippen LogP contribution < -0.4 is 5.32 Å². The first kappa shape index (κ1) is 23.1. The lowest BCUT2D eigenvalue weighted by molar-refractivity contribution is -0.385. The molecule has 0 spiro atoms. The van der Waals surface area contributed by atoms with Gasteiger partial charge in [-0.1, -0.05) is 30.3 Å². The molecule has 0 atom stereocenters. The highest BCUT2D eigenvalue weighted by atomic mass is 32.2. The van der Waals surface area contributed by atoms with Crippen molar-refractivity contribution in [3.63, 3.8) is 0 Å². The summed E-state index contributed by atoms with van der Waals surface area (Å²) < 4.78 is 27.6. The SMILES string of the molecule is Cc1ccc([N+](=O)[O-])cc1S(=O)(=O)N1CCC(C(=O)Nc2ccccc2-c2cccs2)CC1. The highest BCUT2D eigenvalue weighted by Gasteiger charge is 2.33. The van der Waals surface area contributed by atoms with Crippen molar-refractivity contribution in [3.05, 3.63) is 75.7 Å². The Morgan fingerprint density at radius 1 is 1.12 bits per heavy atom. The highest BCUT2D eigenvalue weighted by molar-refractivity contribution is 7.89. The Morgan fingerprint density at radius 2 is 1.85 bits per heavy atom. The van der Waals surface area contributed by atoms with Crippen LogP contribution in [-0.4, -0.2) is 36.6 Å². The zero-order valence-corrected chi connectivity index (χ0v) is 19.6. The minimum atomic E-state index is -3.89. The van der Waals surface area contributed by atoms with Crippen molar-refractivity contribution in [2.45, 2.75) is 24.7 Å². The quantitative estimate of drug-likeness (QED) is 0.403. The number of carbonyl (C=O) groups excluding carboxylic acids is 1. The molecule has 2 aromatic carbocycles. The Balaban J connectivity index is 1.45. The minimum Gasteiger partial charge on any atom is -0.325 e. The lowest BCUT2D eigenvalue weighted by atomic mass is 9.97. The van der Waals surface area contributed by atoms with Crippen LogP contribution in [0.15, 0.2) is 64.9 Å². The molecule has 1 saturated heterocycles. The van der Waals surface area contributed by atoms with Gasteiger partial charge in [0.05, 0.1) is 9.82 Å². The summed E-state index contributed by atoms with van der Waals surface area (Å²) in [4.78, 5) is 24.4. The second-order valence-electron chi connectivity index (χ2n) is 7.90. The molecule has 4 rings (SSSR count). The lowest BCUT2D eigenvalue weighted by Gasteiger charge is -2.31. The number of nitro groups is 1. The van der Waals surface area contributed by atoms with E-state index in [9.17, 15) is 23.3 Å². The zero-order chi connectivity index (χ0) is 23.6. The molecule has 8 nitrogen and oxygen atoms in total. The van der Waals surface area contributed by atoms with E-state index < -0.39 is 14.9 Å². The van der Waals surface area contributed by atoms with Gasteiger partial charge < -0.3 is 5.32 Å². The average Bonchev–Trinajstić information content (AvgIpc) is 3.34. The molecule has 1 N–H and O–H groups in total. The van der Waals surface area contributed by atoms with Gasteiger partial charge in [0, 0.05) is 47.3 Å². The van der Waals surface area contributed by atoms with Crippen molar-refractivity contribution in [2.24, 2.45) is 5.92 Å². The summed E-state index contributed by atoms with van der Waals surface area (Å²) in [6.45, 7) is 1.96. The zero-order valence-electron chi connectivity index (χ0n) is 17.9. The number of non-ortho nitro benzene ring substituents is 1. The Labute approximate surface area is 196 Å². The number of hydrogen-bond acceptors (Lipinski definition) is 6. The van der Waals surface area contributed by atoms with Crippen LogP contribution in [0.2, 0.25) is 0 Å². The van der Waals surface area contributed by atoms with Crippen LogP contribution in [0.5, 0.6) is 0 Å². The number of thiophene rings is 1. The molecule has 3 aromatic rings. The third kappa shape index (κ3) is 4.82. The Bertz CT molecular complexity index is 1280. The summed E-state index contributed by atoms with van der Waals surface area (Å²) in [5, 5.41) is 16.1. The number of piperidine rings is 1. The van der Waals surface area contributed by atoms with Gasteiger partial charge in [-0.05, 0) is 42.8 Å². The monoisotopic (exact) mass is 485 g/mol. The number of benzene rings is 2. The largest absolute Gasteiger partial charge is 0.325 e. The number of nitrogens with zero attached hydrogens (tertiary/aromatic N) is 2. The third-order valence-electron chi connectivity index (χ3n) is 5.80. The van der Waals surface area contributed by atoms with E-state index in [4.69, 9.17) is 0 Å². The first-order valence-corrected chi connectivity index (χ1v) is 12.8. The van der Waals surface area contributed by atoms with E-state index >= 15 is 0 Å². The summed E-state index contributed by atoms with van der Waals surface area (Å²) in [5.74, 6) is -0.457. The average molecular weight is 486 g/mol. The smallest absolute Gasteiger partial charge is 0.270 e. The molecule has 33 heavy (non-hydrogen) atoms. The maximum absolute atomic E-state index is 13.1. The summed E-state index contributed by atoms with van der Waals surface area (Å²) >= 11 is 1.59. The van der Waals surface area contributed by atoms with Gasteiger partial charge in [-0.25, -0.2) is 8.42 Å². The molecule has 0 bridgehead atoms. The Kier molecular flexibility index (Phi) is 6.59. The van der Waals surface area contributed by atoms with Gasteiger partial charge in [-0.3, -0.25) is 14.9 Å². The lowest BCUT2D eigenvalue weighted by Crippen LogP contribution is -2.41. The van der Waals surface area contributed by atoms with Gasteiger partial charge in [0.25, 0.3) is 5.69 Å². The van der Waals surface area contributed by atoms with Crippen LogP contribution in [0.1, 0.15) is 18.4 Å². The fraction of sp³-hybridized carbons (Fsp3) is 0.261. The third-order valence-corrected chi connectivity index (χ3v) is 8.74. The second kappa shape index (κ2) is 9.42. The van der Waals surface area contributed by atoms with Crippen LogP contribution in [0.25, 0.3) is 10.4 Å². The maximum Gasteiger partial charge on any atom is 0.270 e. The summed E-state index contributed by atoms with van der Waals surface area (Å²) in [6.07, 6.45) is 0.750. The highest BCUT2D eigenvalue weighted by Crippen LogP contribution is 2.33. The number of sulfonamides is 1. The number of nitro benzene ring substituents is 1. The molecule has 1 aliphatic rings. The van der Waals surface area contributed by atoms with Gasteiger partial charge >= 0.3 is 0 Å². The molecule has 1 aromatic heterocycles. The maximum atomic E-state index is 13.1. The predicted octanol–water partition coefficient (Wildman–Crippen LogP) is 4.67. The number of hydrogen-bond donors (Lipinski definition) is 1. The fourth-order valence-corrected chi connectivity index (χ4v) is 6.43. The van der Waals surface area contributed by atoms with Crippen molar-refractivity contribution < 1.29 is 18.1 Å². The standard InChI is InChI=1S/C23H23N3O5S2/c1-16-8-9-18(26(28)29)15-22(16)33(30,31)25-12-10-17(11-13-25)23(27)24-20-6-3-2-5-19(20)21-7-4-14-32-21/h2-9,14-15,17H,10-13H2,1H3,(H,24,27). The molecular weight excluding hydrogens is 462 g/mol. The molecule has 0 saturated carbocycles. The van der Waals surface area contributed by atoms with Gasteiger partial charge in [-0.2, -0.15) is 4.31 Å². The molecular formula is C23H23N3O5S2. The van der Waals surface area contributed by atoms with Crippen LogP contribution in [0.3, 0.4) is 0 Å². The van der Waals surface area contributed by atoms with E-state index in [0.717, 1.165) is 22.2 Å². The molecule has 1 fully saturated rings. The predicted molar refractivity (Wildman–Crippen MR) is 128 cm³/mol. The molecule has 0 unspecified atom stereocenters. The van der Waals surface area contributed by atoms with E-state index in [0.29, 0.717) is 18.4 Å². The van der Waals surface area contributed by atoms with Crippen molar-refractivity contribution in [1.29, 1.82) is 0 Å². The van der Waals surface area contributed by atoms with Crippen LogP contribution in [-0.2, 0) is 14.8 Å². The molecule has 1 amide bonds. The first-order chi connectivity index (χ1) is 15.8. The fourth-order valence-electron chi connectivity index (χ4n) is 3.95. The molecule has 10 heteroatoms. The van der Waals surface area contributed by atoms with E-state index in [1.165, 1.54) is 16.4 Å². The number of para-hydroxylation sites is 1. The van der Waals surface area contributed by atoms with Crippen molar-refractivity contribution in [2.75, 3.05) is 18.4 Å². The van der Waals surface area contributed by atoms with E-state index in [-0.39, 0.29) is 35.5 Å². The Hall–Kier alpha value is -3.08. The topological polar surface area (TPSA) is 110 Å². The molecule has 0 aliphatic carbocycles. The van der Waals surface area contributed by atoms with Gasteiger partial charge in [0.15, 0.2) is 0 Å². The van der Waals surface area contributed by atoms with Crippen molar-refractivity contribution in [3.8, 4) is 10.4 Å². The summed E-state index contributed by atoms with van der Waals surface area (Å²) in [5.41, 5.74) is 1.86. The van der Waals surface area contributed by atoms with Gasteiger partial charge in [0.2, 0.25) is 15.9 Å². The normalized spacial score (nSPS) is 15.3. The van der Waals surface area contributed by atoms with Crippen LogP contribution in [0.4, 0.5) is 11.4 Å². The first-order valence-electron chi connectivity index (χ1n) is 10.5. The van der Waals surface area contributed by atoms with Crippen LogP contribution in [0, 0.1) is 23.0 Å². The van der Waals surface area contributed by atoms with E-state index in [1.807, 2.05) is 41.8 Å². The van der Waals surface area contributed by atoms with Crippen molar-refractivity contribution >= 4 is 38.6 Å². The Morgan fingerprint density at radius 3 is 2.52 bits per heavy atom. The van der Waals surface area contributed by atoms with E-state index in [1.54, 1.807) is 18.3 Å². The number of anilines is 1. The number of amides is 1. The number of carbonyl (C=O) groups is 1. The summed E-state index contributed by atoms with van der Waals surface area (Å²) in [7, 11) is -3.89. The van der Waals surface area contributed by atoms with E-state index in [2.05, 4.69) is 5.32 Å². The molecule has 0 radical (unpaired) electrons. The number of rotatable bonds is 6.